The van der Waals surface area contributed by atoms with Gasteiger partial charge in [-0.25, -0.2) is 4.39 Å². The standard InChI is InChI=1S/C30H33FN2O2/c1-20-11-8-17-25(31)26(20)29(35)33-18-10-16-24(27(33)21-12-6-5-7-13-21)28(34)32-23-15-9-14-22(19-23)30(2,3)4/h5-9,11-15,17,19,24,27H,10,16,18H2,1-4H3,(H,32,34)/t24-,27-/m0/s1. The largest absolute Gasteiger partial charge is 0.331 e. The molecule has 0 aromatic heterocycles. The quantitative estimate of drug-likeness (QED) is 0.461. The number of rotatable bonds is 4. The summed E-state index contributed by atoms with van der Waals surface area (Å²) in [6, 6.07) is 21.7. The SMILES string of the molecule is Cc1cccc(F)c1C(=O)N1CCC[C@H](C(=O)Nc2cccc(C(C)(C)C)c2)[C@@H]1c1ccccc1. The Bertz CT molecular complexity index is 1200. The molecule has 0 radical (unpaired) electrons. The van der Waals surface area contributed by atoms with E-state index in [1.54, 1.807) is 24.0 Å². The molecule has 2 atom stereocenters. The summed E-state index contributed by atoms with van der Waals surface area (Å²) in [4.78, 5) is 29.0. The molecule has 3 aromatic carbocycles. The Kier molecular flexibility index (Phi) is 7.06. The molecule has 1 saturated heterocycles. The van der Waals surface area contributed by atoms with Crippen molar-refractivity contribution in [3.05, 3.63) is 101 Å². The average Bonchev–Trinajstić information content (AvgIpc) is 2.83. The van der Waals surface area contributed by atoms with Crippen LogP contribution in [0.2, 0.25) is 0 Å². The number of halogens is 1. The lowest BCUT2D eigenvalue weighted by Gasteiger charge is -2.41. The van der Waals surface area contributed by atoms with Gasteiger partial charge in [0.1, 0.15) is 5.82 Å². The molecule has 0 aliphatic carbocycles. The van der Waals surface area contributed by atoms with Crippen LogP contribution in [0.15, 0.2) is 72.8 Å². The summed E-state index contributed by atoms with van der Waals surface area (Å²) in [5.41, 5.74) is 3.37. The molecule has 4 nitrogen and oxygen atoms in total. The average molecular weight is 473 g/mol. The Morgan fingerprint density at radius 2 is 1.69 bits per heavy atom. The van der Waals surface area contributed by atoms with Gasteiger partial charge in [0.25, 0.3) is 5.91 Å². The van der Waals surface area contributed by atoms with Crippen molar-refractivity contribution in [2.24, 2.45) is 5.92 Å². The van der Waals surface area contributed by atoms with Gasteiger partial charge in [-0.1, -0.05) is 75.4 Å². The first kappa shape index (κ1) is 24.6. The Morgan fingerprint density at radius 1 is 0.971 bits per heavy atom. The second kappa shape index (κ2) is 10.0. The van der Waals surface area contributed by atoms with Gasteiger partial charge >= 0.3 is 0 Å². The molecule has 3 aromatic rings. The Morgan fingerprint density at radius 3 is 2.37 bits per heavy atom. The highest BCUT2D eigenvalue weighted by molar-refractivity contribution is 5.98. The molecule has 0 saturated carbocycles. The Hall–Kier alpha value is -3.47. The zero-order chi connectivity index (χ0) is 25.2. The number of hydrogen-bond donors (Lipinski definition) is 1. The highest BCUT2D eigenvalue weighted by Crippen LogP contribution is 2.38. The Labute approximate surface area is 207 Å². The summed E-state index contributed by atoms with van der Waals surface area (Å²) in [6.45, 7) is 8.61. The second-order valence-electron chi connectivity index (χ2n) is 10.4. The summed E-state index contributed by atoms with van der Waals surface area (Å²) in [5.74, 6) is -1.50. The third-order valence-corrected chi connectivity index (χ3v) is 6.80. The van der Waals surface area contributed by atoms with Crippen molar-refractivity contribution in [1.29, 1.82) is 0 Å². The van der Waals surface area contributed by atoms with Gasteiger partial charge in [0, 0.05) is 12.2 Å². The fourth-order valence-electron chi connectivity index (χ4n) is 4.91. The van der Waals surface area contributed by atoms with Gasteiger partial charge in [0.15, 0.2) is 0 Å². The van der Waals surface area contributed by atoms with E-state index in [1.807, 2.05) is 48.5 Å². The first-order valence-corrected chi connectivity index (χ1v) is 12.2. The van der Waals surface area contributed by atoms with Gasteiger partial charge in [0.2, 0.25) is 5.91 Å². The number of piperidine rings is 1. The van der Waals surface area contributed by atoms with Crippen molar-refractivity contribution in [3.63, 3.8) is 0 Å². The zero-order valence-corrected chi connectivity index (χ0v) is 20.8. The van der Waals surface area contributed by atoms with Gasteiger partial charge < -0.3 is 10.2 Å². The molecule has 0 spiro atoms. The molecule has 35 heavy (non-hydrogen) atoms. The smallest absolute Gasteiger partial charge is 0.257 e. The summed E-state index contributed by atoms with van der Waals surface area (Å²) in [7, 11) is 0. The first-order chi connectivity index (χ1) is 16.7. The maximum absolute atomic E-state index is 14.7. The van der Waals surface area contributed by atoms with Crippen LogP contribution in [0.5, 0.6) is 0 Å². The van der Waals surface area contributed by atoms with E-state index in [9.17, 15) is 14.0 Å². The van der Waals surface area contributed by atoms with Crippen LogP contribution in [-0.2, 0) is 10.2 Å². The molecular formula is C30H33FN2O2. The molecule has 0 unspecified atom stereocenters. The third kappa shape index (κ3) is 5.29. The van der Waals surface area contributed by atoms with Gasteiger partial charge in [-0.05, 0) is 60.1 Å². The number of nitrogens with zero attached hydrogens (tertiary/aromatic N) is 1. The number of hydrogen-bond acceptors (Lipinski definition) is 2. The number of carbonyl (C=O) groups excluding carboxylic acids is 2. The molecule has 1 aliphatic heterocycles. The van der Waals surface area contributed by atoms with Crippen molar-refractivity contribution in [2.75, 3.05) is 11.9 Å². The van der Waals surface area contributed by atoms with Crippen molar-refractivity contribution < 1.29 is 14.0 Å². The lowest BCUT2D eigenvalue weighted by molar-refractivity contribution is -0.123. The van der Waals surface area contributed by atoms with Crippen LogP contribution in [0, 0.1) is 18.7 Å². The van der Waals surface area contributed by atoms with Gasteiger partial charge in [-0.15, -0.1) is 0 Å². The molecule has 1 aliphatic rings. The van der Waals surface area contributed by atoms with Gasteiger partial charge in [-0.3, -0.25) is 9.59 Å². The Balaban J connectivity index is 1.68. The summed E-state index contributed by atoms with van der Waals surface area (Å²) in [5, 5.41) is 3.09. The van der Waals surface area contributed by atoms with Crippen LogP contribution < -0.4 is 5.32 Å². The van der Waals surface area contributed by atoms with E-state index < -0.39 is 17.8 Å². The predicted molar refractivity (Wildman–Crippen MR) is 138 cm³/mol. The molecule has 4 rings (SSSR count). The lowest BCUT2D eigenvalue weighted by Crippen LogP contribution is -2.46. The second-order valence-corrected chi connectivity index (χ2v) is 10.4. The number of benzene rings is 3. The topological polar surface area (TPSA) is 49.4 Å². The number of amides is 2. The van der Waals surface area contributed by atoms with Crippen LogP contribution in [0.4, 0.5) is 10.1 Å². The molecule has 5 heteroatoms. The van der Waals surface area contributed by atoms with E-state index in [2.05, 4.69) is 32.2 Å². The van der Waals surface area contributed by atoms with E-state index in [0.29, 0.717) is 24.9 Å². The normalized spacial score (nSPS) is 18.3. The minimum Gasteiger partial charge on any atom is -0.331 e. The molecular weight excluding hydrogens is 439 g/mol. The van der Waals surface area contributed by atoms with Gasteiger partial charge in [-0.2, -0.15) is 0 Å². The molecule has 1 fully saturated rings. The fraction of sp³-hybridized carbons (Fsp3) is 0.333. The van der Waals surface area contributed by atoms with Crippen molar-refractivity contribution in [1.82, 2.24) is 4.90 Å². The maximum atomic E-state index is 14.7. The maximum Gasteiger partial charge on any atom is 0.257 e. The van der Waals surface area contributed by atoms with Gasteiger partial charge in [0.05, 0.1) is 17.5 Å². The zero-order valence-electron chi connectivity index (χ0n) is 20.8. The van der Waals surface area contributed by atoms with Crippen molar-refractivity contribution in [3.8, 4) is 0 Å². The number of aryl methyl sites for hydroxylation is 1. The highest BCUT2D eigenvalue weighted by Gasteiger charge is 2.40. The van der Waals surface area contributed by atoms with Crippen LogP contribution in [0.3, 0.4) is 0 Å². The number of nitrogens with one attached hydrogen (secondary N) is 1. The minimum absolute atomic E-state index is 0.0427. The monoisotopic (exact) mass is 472 g/mol. The third-order valence-electron chi connectivity index (χ3n) is 6.80. The molecule has 1 heterocycles. The van der Waals surface area contributed by atoms with Crippen molar-refractivity contribution in [2.45, 2.75) is 52.0 Å². The van der Waals surface area contributed by atoms with Crippen LogP contribution in [0.1, 0.15) is 66.7 Å². The lowest BCUT2D eigenvalue weighted by atomic mass is 9.83. The highest BCUT2D eigenvalue weighted by atomic mass is 19.1. The summed E-state index contributed by atoms with van der Waals surface area (Å²) < 4.78 is 14.7. The number of likely N-dealkylation sites (tertiary alicyclic amines) is 1. The fourth-order valence-corrected chi connectivity index (χ4v) is 4.91. The molecule has 0 bridgehead atoms. The summed E-state index contributed by atoms with van der Waals surface area (Å²) >= 11 is 0. The van der Waals surface area contributed by atoms with Crippen LogP contribution in [0.25, 0.3) is 0 Å². The number of anilines is 1. The van der Waals surface area contributed by atoms with Crippen LogP contribution >= 0.6 is 0 Å². The summed E-state index contributed by atoms with van der Waals surface area (Å²) in [6.07, 6.45) is 1.31. The van der Waals surface area contributed by atoms with Crippen molar-refractivity contribution >= 4 is 17.5 Å². The molecule has 1 N–H and O–H groups in total. The van der Waals surface area contributed by atoms with E-state index >= 15 is 0 Å². The van der Waals surface area contributed by atoms with E-state index in [1.165, 1.54) is 6.07 Å². The number of carbonyl (C=O) groups is 2. The predicted octanol–water partition coefficient (Wildman–Crippen LogP) is 6.66. The van der Waals surface area contributed by atoms with E-state index in [4.69, 9.17) is 0 Å². The van der Waals surface area contributed by atoms with E-state index in [0.717, 1.165) is 16.8 Å². The molecule has 2 amide bonds. The minimum atomic E-state index is -0.535. The first-order valence-electron chi connectivity index (χ1n) is 12.2. The van der Waals surface area contributed by atoms with Crippen LogP contribution in [-0.4, -0.2) is 23.3 Å². The molecule has 182 valence electrons. The van der Waals surface area contributed by atoms with E-state index in [-0.39, 0.29) is 22.8 Å².